The molecule has 1 aliphatic heterocycles. The third kappa shape index (κ3) is 3.67. The van der Waals surface area contributed by atoms with Crippen LogP contribution in [0.4, 0.5) is 0 Å². The highest BCUT2D eigenvalue weighted by Gasteiger charge is 2.35. The molecule has 0 aromatic heterocycles. The average molecular weight is 241 g/mol. The third-order valence-electron chi connectivity index (χ3n) is 4.22. The molecule has 3 heteroatoms. The zero-order valence-electron chi connectivity index (χ0n) is 12.4. The zero-order chi connectivity index (χ0) is 13.1. The van der Waals surface area contributed by atoms with Crippen molar-refractivity contribution in [2.75, 3.05) is 32.7 Å². The van der Waals surface area contributed by atoms with Gasteiger partial charge in [-0.3, -0.25) is 9.80 Å². The van der Waals surface area contributed by atoms with E-state index in [9.17, 15) is 0 Å². The summed E-state index contributed by atoms with van der Waals surface area (Å²) in [5, 5.41) is 0. The Morgan fingerprint density at radius 1 is 1.35 bits per heavy atom. The number of piperazine rings is 1. The summed E-state index contributed by atoms with van der Waals surface area (Å²) in [4.78, 5) is 5.17. The Hall–Kier alpha value is -0.120. The van der Waals surface area contributed by atoms with Gasteiger partial charge in [-0.05, 0) is 32.7 Å². The summed E-state index contributed by atoms with van der Waals surface area (Å²) >= 11 is 0. The summed E-state index contributed by atoms with van der Waals surface area (Å²) in [5.74, 6) is 0.711. The van der Waals surface area contributed by atoms with Crippen LogP contribution in [0.15, 0.2) is 0 Å². The molecular weight excluding hydrogens is 210 g/mol. The van der Waals surface area contributed by atoms with E-state index < -0.39 is 0 Å². The second kappa shape index (κ2) is 6.17. The Bertz CT molecular complexity index is 230. The van der Waals surface area contributed by atoms with Crippen LogP contribution in [0.2, 0.25) is 0 Å². The first-order valence-electron chi connectivity index (χ1n) is 7.12. The van der Waals surface area contributed by atoms with Crippen LogP contribution in [0.1, 0.15) is 41.0 Å². The van der Waals surface area contributed by atoms with Crippen molar-refractivity contribution in [3.8, 4) is 0 Å². The van der Waals surface area contributed by atoms with Gasteiger partial charge in [0.2, 0.25) is 0 Å². The predicted octanol–water partition coefficient (Wildman–Crippen LogP) is 1.78. The first-order valence-corrected chi connectivity index (χ1v) is 7.12. The van der Waals surface area contributed by atoms with Crippen molar-refractivity contribution in [2.24, 2.45) is 11.7 Å². The van der Waals surface area contributed by atoms with Crippen molar-refractivity contribution in [3.63, 3.8) is 0 Å². The number of hydrogen-bond donors (Lipinski definition) is 1. The molecular formula is C14H31N3. The van der Waals surface area contributed by atoms with Crippen LogP contribution in [0.25, 0.3) is 0 Å². The first kappa shape index (κ1) is 14.9. The van der Waals surface area contributed by atoms with Gasteiger partial charge in [-0.15, -0.1) is 0 Å². The number of hydrogen-bond acceptors (Lipinski definition) is 3. The van der Waals surface area contributed by atoms with Crippen LogP contribution in [-0.4, -0.2) is 54.1 Å². The molecule has 0 bridgehead atoms. The monoisotopic (exact) mass is 241 g/mol. The van der Waals surface area contributed by atoms with Crippen LogP contribution in [-0.2, 0) is 0 Å². The summed E-state index contributed by atoms with van der Waals surface area (Å²) in [5.41, 5.74) is 6.23. The Balaban J connectivity index is 2.65. The molecule has 1 aliphatic rings. The van der Waals surface area contributed by atoms with Crippen LogP contribution in [0, 0.1) is 5.92 Å². The van der Waals surface area contributed by atoms with Crippen molar-refractivity contribution < 1.29 is 0 Å². The number of rotatable bonds is 5. The molecule has 0 amide bonds. The topological polar surface area (TPSA) is 32.5 Å². The molecule has 17 heavy (non-hydrogen) atoms. The van der Waals surface area contributed by atoms with Gasteiger partial charge in [0.1, 0.15) is 0 Å². The van der Waals surface area contributed by atoms with Gasteiger partial charge in [-0.2, -0.15) is 0 Å². The number of nitrogens with two attached hydrogens (primary N) is 1. The van der Waals surface area contributed by atoms with Gasteiger partial charge in [0.15, 0.2) is 0 Å². The van der Waals surface area contributed by atoms with Gasteiger partial charge in [0, 0.05) is 37.8 Å². The highest BCUT2D eigenvalue weighted by Crippen LogP contribution is 2.25. The summed E-state index contributed by atoms with van der Waals surface area (Å²) in [6.07, 6.45) is 1.20. The number of nitrogens with zero attached hydrogens (tertiary/aromatic N) is 2. The summed E-state index contributed by atoms with van der Waals surface area (Å²) in [7, 11) is 0. The molecule has 0 aliphatic carbocycles. The molecule has 0 aromatic carbocycles. The molecule has 0 saturated carbocycles. The molecule has 1 saturated heterocycles. The van der Waals surface area contributed by atoms with Crippen molar-refractivity contribution in [3.05, 3.63) is 0 Å². The van der Waals surface area contributed by atoms with Gasteiger partial charge >= 0.3 is 0 Å². The highest BCUT2D eigenvalue weighted by molar-refractivity contribution is 4.93. The largest absolute Gasteiger partial charge is 0.329 e. The quantitative estimate of drug-likeness (QED) is 0.796. The van der Waals surface area contributed by atoms with E-state index in [4.69, 9.17) is 5.73 Å². The Morgan fingerprint density at radius 2 is 2.00 bits per heavy atom. The maximum atomic E-state index is 6.04. The highest BCUT2D eigenvalue weighted by atomic mass is 15.3. The van der Waals surface area contributed by atoms with Gasteiger partial charge in [-0.1, -0.05) is 20.8 Å². The van der Waals surface area contributed by atoms with Gasteiger partial charge in [0.25, 0.3) is 0 Å². The molecule has 2 N–H and O–H groups in total. The average Bonchev–Trinajstić information content (AvgIpc) is 2.27. The Kier molecular flexibility index (Phi) is 5.42. The SMILES string of the molecule is CCN1CCN(C(C)(CN)CC(C)C)CC1C. The lowest BCUT2D eigenvalue weighted by molar-refractivity contribution is 0.00892. The normalized spacial score (nSPS) is 27.4. The van der Waals surface area contributed by atoms with E-state index in [-0.39, 0.29) is 5.54 Å². The minimum absolute atomic E-state index is 0.183. The molecule has 1 rings (SSSR count). The summed E-state index contributed by atoms with van der Waals surface area (Å²) < 4.78 is 0. The van der Waals surface area contributed by atoms with E-state index >= 15 is 0 Å². The van der Waals surface area contributed by atoms with Crippen molar-refractivity contribution in [1.82, 2.24) is 9.80 Å². The van der Waals surface area contributed by atoms with E-state index in [1.807, 2.05) is 0 Å². The molecule has 1 fully saturated rings. The van der Waals surface area contributed by atoms with E-state index in [1.165, 1.54) is 26.1 Å². The van der Waals surface area contributed by atoms with Gasteiger partial charge in [0.05, 0.1) is 0 Å². The molecule has 0 radical (unpaired) electrons. The standard InChI is InChI=1S/C14H31N3/c1-6-16-7-8-17(10-13(16)4)14(5,11-15)9-12(2)3/h12-13H,6-11,15H2,1-5H3. The molecule has 102 valence electrons. The number of likely N-dealkylation sites (N-methyl/N-ethyl adjacent to an activating group) is 1. The third-order valence-corrected chi connectivity index (χ3v) is 4.22. The fraction of sp³-hybridized carbons (Fsp3) is 1.00. The molecule has 1 heterocycles. The molecule has 0 aromatic rings. The Morgan fingerprint density at radius 3 is 2.41 bits per heavy atom. The molecule has 0 spiro atoms. The van der Waals surface area contributed by atoms with E-state index in [1.54, 1.807) is 0 Å². The maximum absolute atomic E-state index is 6.04. The van der Waals surface area contributed by atoms with Crippen molar-refractivity contribution in [1.29, 1.82) is 0 Å². The first-order chi connectivity index (χ1) is 7.92. The van der Waals surface area contributed by atoms with E-state index in [0.29, 0.717) is 12.0 Å². The summed E-state index contributed by atoms with van der Waals surface area (Å²) in [6.45, 7) is 17.0. The molecule has 2 atom stereocenters. The fourth-order valence-corrected chi connectivity index (χ4v) is 3.18. The lowest BCUT2D eigenvalue weighted by Gasteiger charge is -2.48. The maximum Gasteiger partial charge on any atom is 0.0307 e. The minimum atomic E-state index is 0.183. The van der Waals surface area contributed by atoms with Crippen LogP contribution < -0.4 is 5.73 Å². The smallest absolute Gasteiger partial charge is 0.0307 e. The van der Waals surface area contributed by atoms with E-state index in [0.717, 1.165) is 13.1 Å². The zero-order valence-corrected chi connectivity index (χ0v) is 12.4. The van der Waals surface area contributed by atoms with Gasteiger partial charge in [-0.25, -0.2) is 0 Å². The van der Waals surface area contributed by atoms with Crippen molar-refractivity contribution in [2.45, 2.75) is 52.6 Å². The van der Waals surface area contributed by atoms with Crippen LogP contribution >= 0.6 is 0 Å². The molecule has 3 nitrogen and oxygen atoms in total. The van der Waals surface area contributed by atoms with Gasteiger partial charge < -0.3 is 5.73 Å². The molecule has 2 unspecified atom stereocenters. The summed E-state index contributed by atoms with van der Waals surface area (Å²) in [6, 6.07) is 0.659. The lowest BCUT2D eigenvalue weighted by atomic mass is 9.88. The second-order valence-corrected chi connectivity index (χ2v) is 6.22. The lowest BCUT2D eigenvalue weighted by Crippen LogP contribution is -2.61. The van der Waals surface area contributed by atoms with Crippen LogP contribution in [0.3, 0.4) is 0 Å². The predicted molar refractivity (Wildman–Crippen MR) is 75.2 cm³/mol. The fourth-order valence-electron chi connectivity index (χ4n) is 3.18. The Labute approximate surface area is 107 Å². The van der Waals surface area contributed by atoms with Crippen molar-refractivity contribution >= 4 is 0 Å². The minimum Gasteiger partial charge on any atom is -0.329 e. The van der Waals surface area contributed by atoms with E-state index in [2.05, 4.69) is 44.4 Å². The second-order valence-electron chi connectivity index (χ2n) is 6.22. The van der Waals surface area contributed by atoms with Crippen LogP contribution in [0.5, 0.6) is 0 Å².